The molecule has 0 heterocycles. The van der Waals surface area contributed by atoms with E-state index in [2.05, 4.69) is 13.0 Å². The number of benzene rings is 3. The summed E-state index contributed by atoms with van der Waals surface area (Å²) in [6, 6.07) is 16.4. The molecule has 0 radical (unpaired) electrons. The van der Waals surface area contributed by atoms with E-state index in [9.17, 15) is 19.8 Å². The number of carboxylic acids is 2. The maximum atomic E-state index is 12.3. The van der Waals surface area contributed by atoms with Gasteiger partial charge in [0.15, 0.2) is 0 Å². The third-order valence-electron chi connectivity index (χ3n) is 6.79. The molecule has 4 heteroatoms. The first kappa shape index (κ1) is 22.8. The molecule has 170 valence electrons. The normalized spacial score (nSPS) is 13.9. The van der Waals surface area contributed by atoms with Gasteiger partial charge in [0.1, 0.15) is 0 Å². The van der Waals surface area contributed by atoms with Crippen LogP contribution in [-0.4, -0.2) is 22.2 Å². The summed E-state index contributed by atoms with van der Waals surface area (Å²) in [4.78, 5) is 24.4. The Morgan fingerprint density at radius 3 is 1.88 bits per heavy atom. The zero-order chi connectivity index (χ0) is 23.5. The predicted octanol–water partition coefficient (Wildman–Crippen LogP) is 7.34. The van der Waals surface area contributed by atoms with Crippen molar-refractivity contribution in [1.82, 2.24) is 0 Å². The smallest absolute Gasteiger partial charge is 0.336 e. The minimum atomic E-state index is -0.984. The van der Waals surface area contributed by atoms with Crippen molar-refractivity contribution in [3.05, 3.63) is 82.4 Å². The SMILES string of the molecule is CCCc1cc(C)c(-c2ccccc2C(=O)O)c(-c2ccccc2C(=O)O)c1C1CCCC1. The lowest BCUT2D eigenvalue weighted by Gasteiger charge is -2.27. The largest absolute Gasteiger partial charge is 0.478 e. The van der Waals surface area contributed by atoms with Crippen molar-refractivity contribution in [2.75, 3.05) is 0 Å². The van der Waals surface area contributed by atoms with Crippen LogP contribution in [0.2, 0.25) is 0 Å². The Balaban J connectivity index is 2.18. The highest BCUT2D eigenvalue weighted by Crippen LogP contribution is 2.48. The van der Waals surface area contributed by atoms with E-state index in [-0.39, 0.29) is 11.1 Å². The summed E-state index contributed by atoms with van der Waals surface area (Å²) in [5, 5.41) is 20.0. The molecule has 4 nitrogen and oxygen atoms in total. The van der Waals surface area contributed by atoms with Crippen LogP contribution in [0.4, 0.5) is 0 Å². The fourth-order valence-electron chi connectivity index (χ4n) is 5.46. The van der Waals surface area contributed by atoms with E-state index in [0.717, 1.165) is 55.2 Å². The maximum Gasteiger partial charge on any atom is 0.336 e. The van der Waals surface area contributed by atoms with Gasteiger partial charge in [0.25, 0.3) is 0 Å². The van der Waals surface area contributed by atoms with Crippen LogP contribution >= 0.6 is 0 Å². The van der Waals surface area contributed by atoms with Gasteiger partial charge in [-0.05, 0) is 83.2 Å². The summed E-state index contributed by atoms with van der Waals surface area (Å²) in [5.41, 5.74) is 6.97. The molecular formula is C29H30O4. The molecule has 0 saturated heterocycles. The van der Waals surface area contributed by atoms with Crippen molar-refractivity contribution in [2.24, 2.45) is 0 Å². The molecule has 0 aromatic heterocycles. The molecule has 3 aromatic rings. The first-order chi connectivity index (χ1) is 15.9. The van der Waals surface area contributed by atoms with Crippen molar-refractivity contribution < 1.29 is 19.8 Å². The summed E-state index contributed by atoms with van der Waals surface area (Å²) < 4.78 is 0. The van der Waals surface area contributed by atoms with Crippen LogP contribution in [-0.2, 0) is 6.42 Å². The minimum absolute atomic E-state index is 0.232. The van der Waals surface area contributed by atoms with E-state index in [1.165, 1.54) is 11.1 Å². The van der Waals surface area contributed by atoms with E-state index in [4.69, 9.17) is 0 Å². The Kier molecular flexibility index (Phi) is 6.64. The van der Waals surface area contributed by atoms with Crippen LogP contribution in [0.25, 0.3) is 22.3 Å². The highest BCUT2D eigenvalue weighted by Gasteiger charge is 2.29. The zero-order valence-corrected chi connectivity index (χ0v) is 19.2. The van der Waals surface area contributed by atoms with Crippen LogP contribution in [0.15, 0.2) is 54.6 Å². The Morgan fingerprint density at radius 2 is 1.36 bits per heavy atom. The molecule has 0 spiro atoms. The third kappa shape index (κ3) is 4.30. The molecule has 2 N–H and O–H groups in total. The van der Waals surface area contributed by atoms with Crippen molar-refractivity contribution in [3.63, 3.8) is 0 Å². The van der Waals surface area contributed by atoms with Crippen LogP contribution in [0.3, 0.4) is 0 Å². The predicted molar refractivity (Wildman–Crippen MR) is 131 cm³/mol. The van der Waals surface area contributed by atoms with E-state index < -0.39 is 11.9 Å². The number of aromatic carboxylic acids is 2. The summed E-state index contributed by atoms with van der Waals surface area (Å²) >= 11 is 0. The Morgan fingerprint density at radius 1 is 0.848 bits per heavy atom. The third-order valence-corrected chi connectivity index (χ3v) is 6.79. The average molecular weight is 443 g/mol. The second kappa shape index (κ2) is 9.62. The maximum absolute atomic E-state index is 12.3. The van der Waals surface area contributed by atoms with Crippen LogP contribution in [0.1, 0.15) is 82.4 Å². The van der Waals surface area contributed by atoms with E-state index in [1.54, 1.807) is 24.3 Å². The van der Waals surface area contributed by atoms with E-state index in [1.807, 2.05) is 31.2 Å². The Hall–Kier alpha value is -3.40. The monoisotopic (exact) mass is 442 g/mol. The van der Waals surface area contributed by atoms with Crippen molar-refractivity contribution in [3.8, 4) is 22.3 Å². The lowest BCUT2D eigenvalue weighted by molar-refractivity contribution is 0.0686. The topological polar surface area (TPSA) is 74.6 Å². The van der Waals surface area contributed by atoms with Gasteiger partial charge >= 0.3 is 11.9 Å². The highest BCUT2D eigenvalue weighted by atomic mass is 16.4. The van der Waals surface area contributed by atoms with Gasteiger partial charge in [-0.25, -0.2) is 9.59 Å². The number of rotatable bonds is 7. The number of carbonyl (C=O) groups is 2. The Bertz CT molecular complexity index is 1200. The fourth-order valence-corrected chi connectivity index (χ4v) is 5.46. The molecule has 0 bridgehead atoms. The van der Waals surface area contributed by atoms with Crippen LogP contribution in [0, 0.1) is 6.92 Å². The van der Waals surface area contributed by atoms with Gasteiger partial charge in [0.2, 0.25) is 0 Å². The zero-order valence-electron chi connectivity index (χ0n) is 19.2. The van der Waals surface area contributed by atoms with Crippen molar-refractivity contribution >= 4 is 11.9 Å². The molecule has 1 fully saturated rings. The molecule has 0 aliphatic heterocycles. The fraction of sp³-hybridized carbons (Fsp3) is 0.310. The number of hydrogen-bond acceptors (Lipinski definition) is 2. The molecule has 1 aliphatic rings. The van der Waals surface area contributed by atoms with Crippen molar-refractivity contribution in [1.29, 1.82) is 0 Å². The molecule has 1 aliphatic carbocycles. The van der Waals surface area contributed by atoms with Crippen LogP contribution in [0.5, 0.6) is 0 Å². The Labute approximate surface area is 194 Å². The number of aryl methyl sites for hydroxylation is 2. The highest BCUT2D eigenvalue weighted by molar-refractivity contribution is 6.04. The molecule has 33 heavy (non-hydrogen) atoms. The second-order valence-corrected chi connectivity index (χ2v) is 8.95. The lowest BCUT2D eigenvalue weighted by atomic mass is 9.77. The van der Waals surface area contributed by atoms with Gasteiger partial charge in [0, 0.05) is 0 Å². The molecule has 3 aromatic carbocycles. The molecule has 4 rings (SSSR count). The minimum Gasteiger partial charge on any atom is -0.478 e. The summed E-state index contributed by atoms with van der Waals surface area (Å²) in [6.45, 7) is 4.17. The summed E-state index contributed by atoms with van der Waals surface area (Å²) in [7, 11) is 0. The van der Waals surface area contributed by atoms with Gasteiger partial charge in [-0.3, -0.25) is 0 Å². The van der Waals surface area contributed by atoms with Crippen LogP contribution < -0.4 is 0 Å². The van der Waals surface area contributed by atoms with Gasteiger partial charge in [-0.15, -0.1) is 0 Å². The van der Waals surface area contributed by atoms with Gasteiger partial charge in [0.05, 0.1) is 11.1 Å². The molecule has 0 unspecified atom stereocenters. The molecule has 0 amide bonds. The van der Waals surface area contributed by atoms with Crippen molar-refractivity contribution in [2.45, 2.75) is 58.3 Å². The lowest BCUT2D eigenvalue weighted by Crippen LogP contribution is -2.10. The van der Waals surface area contributed by atoms with Gasteiger partial charge in [-0.2, -0.15) is 0 Å². The standard InChI is InChI=1S/C29H30O4/c1-3-10-20-17-18(2)25(21-13-6-8-15-23(21)28(30)31)27(26(20)19-11-4-5-12-19)22-14-7-9-16-24(22)29(32)33/h6-9,13-17,19H,3-5,10-12H2,1-2H3,(H,30,31)(H,32,33). The molecule has 0 atom stereocenters. The van der Waals surface area contributed by atoms with E-state index >= 15 is 0 Å². The second-order valence-electron chi connectivity index (χ2n) is 8.95. The average Bonchev–Trinajstić information content (AvgIpc) is 3.33. The van der Waals surface area contributed by atoms with Gasteiger partial charge < -0.3 is 10.2 Å². The first-order valence-electron chi connectivity index (χ1n) is 11.8. The molecular weight excluding hydrogens is 412 g/mol. The summed E-state index contributed by atoms with van der Waals surface area (Å²) in [6.07, 6.45) is 6.36. The van der Waals surface area contributed by atoms with E-state index in [0.29, 0.717) is 17.0 Å². The number of hydrogen-bond donors (Lipinski definition) is 2. The summed E-state index contributed by atoms with van der Waals surface area (Å²) in [5.74, 6) is -1.61. The first-order valence-corrected chi connectivity index (χ1v) is 11.8. The number of carboxylic acid groups (broad SMARTS) is 2. The molecule has 1 saturated carbocycles. The quantitative estimate of drug-likeness (QED) is 0.401. The van der Waals surface area contributed by atoms with Gasteiger partial charge in [-0.1, -0.05) is 68.7 Å².